The number of ether oxygens (including phenoxy) is 2. The second-order valence-corrected chi connectivity index (χ2v) is 4.59. The van der Waals surface area contributed by atoms with Gasteiger partial charge in [0.1, 0.15) is 0 Å². The largest absolute Gasteiger partial charge is 0.481 e. The summed E-state index contributed by atoms with van der Waals surface area (Å²) in [7, 11) is -0.0333. The highest BCUT2D eigenvalue weighted by molar-refractivity contribution is 8.24. The van der Waals surface area contributed by atoms with Crippen molar-refractivity contribution in [1.29, 1.82) is 0 Å². The van der Waals surface area contributed by atoms with Gasteiger partial charge in [0.15, 0.2) is 5.82 Å². The molecule has 0 fully saturated rings. The predicted octanol–water partition coefficient (Wildman–Crippen LogP) is 1.20. The highest BCUT2D eigenvalue weighted by atomic mass is 32.3. The van der Waals surface area contributed by atoms with E-state index in [1.807, 2.05) is 0 Å². The Bertz CT molecular complexity index is 319. The van der Waals surface area contributed by atoms with E-state index in [9.17, 15) is 9.11 Å². The molecule has 0 aliphatic rings. The fourth-order valence-electron chi connectivity index (χ4n) is 0.850. The van der Waals surface area contributed by atoms with Crippen LogP contribution in [0.5, 0.6) is 11.9 Å². The van der Waals surface area contributed by atoms with Crippen LogP contribution in [0.15, 0.2) is 6.07 Å². The molecule has 0 saturated carbocycles. The molecule has 0 amide bonds. The SMILES string of the molecule is COc1cc(NS(C)(O)O)nc(OC)n1. The number of hydrogen-bond donors (Lipinski definition) is 3. The fraction of sp³-hybridized carbons (Fsp3) is 0.429. The van der Waals surface area contributed by atoms with E-state index in [2.05, 4.69) is 14.7 Å². The molecule has 0 bridgehead atoms. The summed E-state index contributed by atoms with van der Waals surface area (Å²) in [5.74, 6) is 0.495. The zero-order valence-corrected chi connectivity index (χ0v) is 9.41. The normalized spacial score (nSPS) is 12.1. The van der Waals surface area contributed by atoms with Gasteiger partial charge >= 0.3 is 6.01 Å². The Morgan fingerprint density at radius 2 is 1.93 bits per heavy atom. The molecule has 8 heteroatoms. The van der Waals surface area contributed by atoms with Crippen LogP contribution >= 0.6 is 10.8 Å². The molecule has 7 nitrogen and oxygen atoms in total. The van der Waals surface area contributed by atoms with Crippen molar-refractivity contribution >= 4 is 16.6 Å². The lowest BCUT2D eigenvalue weighted by Gasteiger charge is -2.27. The molecular formula is C7H13N3O4S. The third-order valence-corrected chi connectivity index (χ3v) is 1.97. The van der Waals surface area contributed by atoms with Gasteiger partial charge in [-0.1, -0.05) is 0 Å². The summed E-state index contributed by atoms with van der Waals surface area (Å²) in [4.78, 5) is 7.71. The molecule has 1 rings (SSSR count). The first-order valence-electron chi connectivity index (χ1n) is 3.92. The number of hydrogen-bond acceptors (Lipinski definition) is 7. The zero-order valence-electron chi connectivity index (χ0n) is 8.59. The van der Waals surface area contributed by atoms with Crippen LogP contribution in [0.1, 0.15) is 0 Å². The van der Waals surface area contributed by atoms with Crippen LogP contribution in [-0.4, -0.2) is 39.5 Å². The van der Waals surface area contributed by atoms with Crippen molar-refractivity contribution in [3.05, 3.63) is 6.07 Å². The summed E-state index contributed by atoms with van der Waals surface area (Å²) in [6.45, 7) is 0. The number of rotatable bonds is 4. The smallest absolute Gasteiger partial charge is 0.321 e. The van der Waals surface area contributed by atoms with Crippen molar-refractivity contribution in [2.24, 2.45) is 0 Å². The first-order valence-corrected chi connectivity index (χ1v) is 5.88. The van der Waals surface area contributed by atoms with Gasteiger partial charge in [-0.3, -0.25) is 13.8 Å². The quantitative estimate of drug-likeness (QED) is 0.721. The molecule has 0 aliphatic carbocycles. The Hall–Kier alpha value is -1.25. The van der Waals surface area contributed by atoms with Crippen molar-refractivity contribution in [2.75, 3.05) is 25.2 Å². The van der Waals surface area contributed by atoms with Crippen LogP contribution in [-0.2, 0) is 0 Å². The average molecular weight is 235 g/mol. The van der Waals surface area contributed by atoms with E-state index in [4.69, 9.17) is 9.47 Å². The van der Waals surface area contributed by atoms with Gasteiger partial charge in [-0.2, -0.15) is 9.97 Å². The highest BCUT2D eigenvalue weighted by Crippen LogP contribution is 2.34. The van der Waals surface area contributed by atoms with Crippen molar-refractivity contribution in [1.82, 2.24) is 9.97 Å². The van der Waals surface area contributed by atoms with E-state index >= 15 is 0 Å². The van der Waals surface area contributed by atoms with Crippen LogP contribution in [0.2, 0.25) is 0 Å². The zero-order chi connectivity index (χ0) is 11.5. The van der Waals surface area contributed by atoms with E-state index in [0.29, 0.717) is 0 Å². The number of anilines is 1. The van der Waals surface area contributed by atoms with Gasteiger partial charge in [-0.05, 0) is 0 Å². The van der Waals surface area contributed by atoms with Crippen molar-refractivity contribution in [3.8, 4) is 11.9 Å². The maximum absolute atomic E-state index is 9.18. The van der Waals surface area contributed by atoms with Gasteiger partial charge in [-0.25, -0.2) is 0 Å². The second kappa shape index (κ2) is 4.51. The Labute approximate surface area is 88.9 Å². The first kappa shape index (κ1) is 11.8. The standard InChI is InChI=1S/C7H13N3O4S/c1-13-6-4-5(10-15(3,11)12)8-7(9-6)14-2/h4,11-12H,1-3H3,(H,8,9,10). The topological polar surface area (TPSA) is 96.7 Å². The van der Waals surface area contributed by atoms with Crippen LogP contribution < -0.4 is 14.2 Å². The van der Waals surface area contributed by atoms with E-state index in [1.165, 1.54) is 26.5 Å². The van der Waals surface area contributed by atoms with Gasteiger partial charge in [0.25, 0.3) is 0 Å². The molecule has 3 N–H and O–H groups in total. The van der Waals surface area contributed by atoms with Crippen molar-refractivity contribution < 1.29 is 18.6 Å². The van der Waals surface area contributed by atoms with Gasteiger partial charge in [0.2, 0.25) is 5.88 Å². The maximum Gasteiger partial charge on any atom is 0.321 e. The molecule has 1 heterocycles. The molecule has 0 saturated heterocycles. The third-order valence-electron chi connectivity index (χ3n) is 1.37. The Morgan fingerprint density at radius 1 is 1.27 bits per heavy atom. The van der Waals surface area contributed by atoms with Crippen LogP contribution in [0.3, 0.4) is 0 Å². The number of nitrogens with one attached hydrogen (secondary N) is 1. The number of nitrogens with zero attached hydrogens (tertiary/aromatic N) is 2. The summed E-state index contributed by atoms with van der Waals surface area (Å²) in [5, 5.41) is 0. The molecule has 0 aliphatic heterocycles. The van der Waals surface area contributed by atoms with E-state index < -0.39 is 10.8 Å². The molecule has 0 aromatic carbocycles. The van der Waals surface area contributed by atoms with Crippen molar-refractivity contribution in [2.45, 2.75) is 0 Å². The summed E-state index contributed by atoms with van der Waals surface area (Å²) in [6.07, 6.45) is 1.24. The predicted molar refractivity (Wildman–Crippen MR) is 57.5 cm³/mol. The van der Waals surface area contributed by atoms with E-state index in [1.54, 1.807) is 0 Å². The van der Waals surface area contributed by atoms with Gasteiger partial charge < -0.3 is 9.47 Å². The monoisotopic (exact) mass is 235 g/mol. The Kier molecular flexibility index (Phi) is 3.56. The van der Waals surface area contributed by atoms with Crippen LogP contribution in [0, 0.1) is 0 Å². The molecule has 0 unspecified atom stereocenters. The molecule has 0 atom stereocenters. The van der Waals surface area contributed by atoms with E-state index in [0.717, 1.165) is 0 Å². The Balaban J connectivity index is 2.97. The first-order chi connectivity index (χ1) is 6.94. The molecule has 86 valence electrons. The molecule has 1 aromatic heterocycles. The van der Waals surface area contributed by atoms with Crippen LogP contribution in [0.4, 0.5) is 5.82 Å². The lowest BCUT2D eigenvalue weighted by molar-refractivity contribution is 0.353. The van der Waals surface area contributed by atoms with Gasteiger partial charge in [-0.15, -0.1) is 10.8 Å². The average Bonchev–Trinajstić information content (AvgIpc) is 2.14. The molecule has 0 radical (unpaired) electrons. The minimum atomic E-state index is -2.88. The summed E-state index contributed by atoms with van der Waals surface area (Å²) in [6, 6.07) is 1.51. The minimum Gasteiger partial charge on any atom is -0.481 e. The summed E-state index contributed by atoms with van der Waals surface area (Å²) < 4.78 is 30.5. The summed E-state index contributed by atoms with van der Waals surface area (Å²) >= 11 is 0. The van der Waals surface area contributed by atoms with Gasteiger partial charge in [0.05, 0.1) is 14.2 Å². The molecule has 15 heavy (non-hydrogen) atoms. The Morgan fingerprint density at radius 3 is 2.40 bits per heavy atom. The number of aromatic nitrogens is 2. The lowest BCUT2D eigenvalue weighted by atomic mass is 10.6. The minimum absolute atomic E-state index is 0.0838. The third kappa shape index (κ3) is 3.78. The maximum atomic E-state index is 9.18. The van der Waals surface area contributed by atoms with E-state index in [-0.39, 0.29) is 17.7 Å². The van der Waals surface area contributed by atoms with Crippen molar-refractivity contribution in [3.63, 3.8) is 0 Å². The summed E-state index contributed by atoms with van der Waals surface area (Å²) in [5.41, 5.74) is 0. The fourth-order valence-corrected chi connectivity index (χ4v) is 1.35. The molecular weight excluding hydrogens is 222 g/mol. The van der Waals surface area contributed by atoms with Crippen LogP contribution in [0.25, 0.3) is 0 Å². The molecule has 0 spiro atoms. The van der Waals surface area contributed by atoms with Gasteiger partial charge in [0, 0.05) is 12.3 Å². The highest BCUT2D eigenvalue weighted by Gasteiger charge is 2.09. The molecule has 1 aromatic rings. The second-order valence-electron chi connectivity index (χ2n) is 2.72. The number of methoxy groups -OCH3 is 2. The lowest BCUT2D eigenvalue weighted by Crippen LogP contribution is -2.09.